The zero-order chi connectivity index (χ0) is 17.2. The van der Waals surface area contributed by atoms with E-state index in [9.17, 15) is 4.79 Å². The van der Waals surface area contributed by atoms with Gasteiger partial charge in [-0.2, -0.15) is 0 Å². The van der Waals surface area contributed by atoms with E-state index in [1.165, 1.54) is 0 Å². The predicted octanol–water partition coefficient (Wildman–Crippen LogP) is 1.83. The summed E-state index contributed by atoms with van der Waals surface area (Å²) in [6, 6.07) is 5.58. The second kappa shape index (κ2) is 6.51. The van der Waals surface area contributed by atoms with E-state index in [0.717, 1.165) is 43.2 Å². The van der Waals surface area contributed by atoms with Crippen LogP contribution in [0.4, 0.5) is 5.95 Å². The number of carbonyl (C=O) groups excluding carboxylic acids is 1. The van der Waals surface area contributed by atoms with Crippen molar-refractivity contribution in [2.45, 2.75) is 25.8 Å². The van der Waals surface area contributed by atoms with Crippen molar-refractivity contribution in [3.63, 3.8) is 0 Å². The molecule has 1 N–H and O–H groups in total. The lowest BCUT2D eigenvalue weighted by atomic mass is 10.1. The molecule has 1 amide bonds. The fourth-order valence-electron chi connectivity index (χ4n) is 3.25. The normalized spacial score (nSPS) is 17.6. The van der Waals surface area contributed by atoms with E-state index < -0.39 is 0 Å². The van der Waals surface area contributed by atoms with Crippen molar-refractivity contribution >= 4 is 17.5 Å². The van der Waals surface area contributed by atoms with Gasteiger partial charge >= 0.3 is 0 Å². The van der Waals surface area contributed by atoms with Crippen LogP contribution in [0.5, 0.6) is 0 Å². The largest absolute Gasteiger partial charge is 0.347 e. The van der Waals surface area contributed by atoms with Gasteiger partial charge in [0.25, 0.3) is 5.91 Å². The first-order valence-corrected chi connectivity index (χ1v) is 8.47. The van der Waals surface area contributed by atoms with Crippen molar-refractivity contribution in [1.82, 2.24) is 24.7 Å². The Bertz CT molecular complexity index is 891. The van der Waals surface area contributed by atoms with Crippen molar-refractivity contribution in [1.29, 1.82) is 0 Å². The number of amides is 1. The fraction of sp³-hybridized carbons (Fsp3) is 0.333. The van der Waals surface area contributed by atoms with Gasteiger partial charge < -0.3 is 14.6 Å². The minimum absolute atomic E-state index is 0.0610. The van der Waals surface area contributed by atoms with Crippen LogP contribution in [0, 0.1) is 6.92 Å². The molecular formula is C18H20N6O. The number of aryl methyl sites for hydroxylation is 1. The second-order valence-electron chi connectivity index (χ2n) is 6.37. The maximum Gasteiger partial charge on any atom is 0.253 e. The number of nitrogens with one attached hydrogen (secondary N) is 1. The molecule has 128 valence electrons. The van der Waals surface area contributed by atoms with Crippen LogP contribution in [0.1, 0.15) is 28.9 Å². The van der Waals surface area contributed by atoms with Gasteiger partial charge in [-0.15, -0.1) is 0 Å². The highest BCUT2D eigenvalue weighted by Gasteiger charge is 2.23. The third-order valence-corrected chi connectivity index (χ3v) is 4.43. The minimum atomic E-state index is -0.0610. The van der Waals surface area contributed by atoms with Gasteiger partial charge in [-0.05, 0) is 38.0 Å². The van der Waals surface area contributed by atoms with Crippen LogP contribution in [0.3, 0.4) is 0 Å². The summed E-state index contributed by atoms with van der Waals surface area (Å²) in [5, 5.41) is 3.14. The van der Waals surface area contributed by atoms with Gasteiger partial charge in [0, 0.05) is 43.9 Å². The number of piperidine rings is 1. The molecule has 25 heavy (non-hydrogen) atoms. The average Bonchev–Trinajstić information content (AvgIpc) is 3.02. The summed E-state index contributed by atoms with van der Waals surface area (Å²) in [5.41, 5.74) is 2.42. The Morgan fingerprint density at radius 1 is 1.24 bits per heavy atom. The standard InChI is InChI=1S/C18H20N6O/c1-13-10-24-11-14(5-6-16(24)21-13)17(25)22-15-4-2-9-23(12-15)18-19-7-3-8-20-18/h3,5-8,10-11,15H,2,4,9,12H2,1H3,(H,22,25)/t15-/m1/s1. The first-order valence-electron chi connectivity index (χ1n) is 8.47. The third kappa shape index (κ3) is 3.31. The number of aromatic nitrogens is 4. The Labute approximate surface area is 145 Å². The summed E-state index contributed by atoms with van der Waals surface area (Å²) in [6.45, 7) is 3.58. The number of anilines is 1. The monoisotopic (exact) mass is 336 g/mol. The second-order valence-corrected chi connectivity index (χ2v) is 6.37. The zero-order valence-corrected chi connectivity index (χ0v) is 14.1. The number of pyridine rings is 1. The summed E-state index contributed by atoms with van der Waals surface area (Å²) in [5.74, 6) is 0.658. The van der Waals surface area contributed by atoms with Crippen LogP contribution in [0.2, 0.25) is 0 Å². The predicted molar refractivity (Wildman–Crippen MR) is 94.7 cm³/mol. The van der Waals surface area contributed by atoms with Gasteiger partial charge in [-0.25, -0.2) is 15.0 Å². The van der Waals surface area contributed by atoms with E-state index in [0.29, 0.717) is 5.56 Å². The molecule has 0 spiro atoms. The van der Waals surface area contributed by atoms with Gasteiger partial charge in [0.15, 0.2) is 0 Å². The number of fused-ring (bicyclic) bond motifs is 1. The van der Waals surface area contributed by atoms with Crippen LogP contribution in [0.15, 0.2) is 43.0 Å². The molecule has 1 aliphatic rings. The first kappa shape index (κ1) is 15.6. The van der Waals surface area contributed by atoms with E-state index in [4.69, 9.17) is 0 Å². The number of hydrogen-bond donors (Lipinski definition) is 1. The van der Waals surface area contributed by atoms with Crippen LogP contribution in [-0.2, 0) is 0 Å². The number of carbonyl (C=O) groups is 1. The summed E-state index contributed by atoms with van der Waals surface area (Å²) < 4.78 is 1.88. The summed E-state index contributed by atoms with van der Waals surface area (Å²) in [4.78, 5) is 27.7. The average molecular weight is 336 g/mol. The van der Waals surface area contributed by atoms with Crippen LogP contribution >= 0.6 is 0 Å². The van der Waals surface area contributed by atoms with Crippen LogP contribution < -0.4 is 10.2 Å². The van der Waals surface area contributed by atoms with Crippen molar-refractivity contribution in [3.05, 3.63) is 54.2 Å². The Hall–Kier alpha value is -2.96. The molecule has 0 unspecified atom stereocenters. The SMILES string of the molecule is Cc1cn2cc(C(=O)N[C@@H]3CCCN(c4ncccn4)C3)ccc2n1. The Balaban J connectivity index is 1.46. The maximum absolute atomic E-state index is 12.6. The summed E-state index contributed by atoms with van der Waals surface area (Å²) in [6.07, 6.45) is 9.19. The topological polar surface area (TPSA) is 75.4 Å². The van der Waals surface area contributed by atoms with E-state index in [2.05, 4.69) is 25.2 Å². The van der Waals surface area contributed by atoms with Crippen LogP contribution in [-0.4, -0.2) is 44.4 Å². The van der Waals surface area contributed by atoms with Crippen LogP contribution in [0.25, 0.3) is 5.65 Å². The molecular weight excluding hydrogens is 316 g/mol. The van der Waals surface area contributed by atoms with Gasteiger partial charge in [0.1, 0.15) is 5.65 Å². The first-order chi connectivity index (χ1) is 12.2. The highest BCUT2D eigenvalue weighted by atomic mass is 16.1. The van der Waals surface area contributed by atoms with Crippen molar-refractivity contribution in [3.8, 4) is 0 Å². The van der Waals surface area contributed by atoms with Gasteiger partial charge in [0.05, 0.1) is 11.3 Å². The number of imidazole rings is 1. The van der Waals surface area contributed by atoms with Crippen molar-refractivity contribution in [2.75, 3.05) is 18.0 Å². The quantitative estimate of drug-likeness (QED) is 0.790. The third-order valence-electron chi connectivity index (χ3n) is 4.43. The summed E-state index contributed by atoms with van der Waals surface area (Å²) >= 11 is 0. The lowest BCUT2D eigenvalue weighted by Crippen LogP contribution is -2.48. The van der Waals surface area contributed by atoms with Gasteiger partial charge in [-0.1, -0.05) is 0 Å². The van der Waals surface area contributed by atoms with E-state index >= 15 is 0 Å². The molecule has 0 aliphatic carbocycles. The molecule has 7 heteroatoms. The molecule has 7 nitrogen and oxygen atoms in total. The maximum atomic E-state index is 12.6. The lowest BCUT2D eigenvalue weighted by Gasteiger charge is -2.33. The Morgan fingerprint density at radius 3 is 2.92 bits per heavy atom. The lowest BCUT2D eigenvalue weighted by molar-refractivity contribution is 0.0932. The molecule has 4 heterocycles. The molecule has 1 fully saturated rings. The molecule has 0 saturated carbocycles. The highest BCUT2D eigenvalue weighted by molar-refractivity contribution is 5.94. The molecule has 3 aromatic heterocycles. The molecule has 1 saturated heterocycles. The Morgan fingerprint density at radius 2 is 2.08 bits per heavy atom. The van der Waals surface area contributed by atoms with Gasteiger partial charge in [0.2, 0.25) is 5.95 Å². The molecule has 0 radical (unpaired) electrons. The molecule has 4 rings (SSSR count). The van der Waals surface area contributed by atoms with E-state index in [-0.39, 0.29) is 11.9 Å². The number of hydrogen-bond acceptors (Lipinski definition) is 5. The van der Waals surface area contributed by atoms with Crippen molar-refractivity contribution in [2.24, 2.45) is 0 Å². The number of nitrogens with zero attached hydrogens (tertiary/aromatic N) is 5. The molecule has 0 aromatic carbocycles. The molecule has 3 aromatic rings. The zero-order valence-electron chi connectivity index (χ0n) is 14.1. The summed E-state index contributed by atoms with van der Waals surface area (Å²) in [7, 11) is 0. The van der Waals surface area contributed by atoms with E-state index in [1.54, 1.807) is 18.5 Å². The van der Waals surface area contributed by atoms with Crippen molar-refractivity contribution < 1.29 is 4.79 Å². The molecule has 0 bridgehead atoms. The number of rotatable bonds is 3. The Kier molecular flexibility index (Phi) is 4.05. The van der Waals surface area contributed by atoms with Gasteiger partial charge in [-0.3, -0.25) is 4.79 Å². The fourth-order valence-corrected chi connectivity index (χ4v) is 3.25. The minimum Gasteiger partial charge on any atom is -0.347 e. The molecule has 1 aliphatic heterocycles. The van der Waals surface area contributed by atoms with E-state index in [1.807, 2.05) is 35.9 Å². The smallest absolute Gasteiger partial charge is 0.253 e. The molecule has 1 atom stereocenters. The highest BCUT2D eigenvalue weighted by Crippen LogP contribution is 2.16.